The molecule has 14 heavy (non-hydrogen) atoms. The fraction of sp³-hybridized carbons (Fsp3) is 0. The lowest BCUT2D eigenvalue weighted by molar-refractivity contribution is 1.33. The topological polar surface area (TPSA) is 25.8 Å². The number of hydrogen-bond donors (Lipinski definition) is 0. The maximum absolute atomic E-state index is 5.87. The van der Waals surface area contributed by atoms with Gasteiger partial charge in [-0.15, -0.1) is 0 Å². The first-order valence-electron chi connectivity index (χ1n) is 3.61. The molecular weight excluding hydrogens is 307 g/mol. The van der Waals surface area contributed by atoms with E-state index in [2.05, 4.69) is 25.3 Å². The Bertz CT molecular complexity index is 472. The fourth-order valence-electron chi connectivity index (χ4n) is 0.952. The highest BCUT2D eigenvalue weighted by atomic mass is 79.9. The number of aromatic nitrogens is 2. The molecule has 0 atom stereocenters. The second kappa shape index (κ2) is 4.14. The van der Waals surface area contributed by atoms with Crippen LogP contribution in [0.3, 0.4) is 0 Å². The van der Waals surface area contributed by atoms with Crippen molar-refractivity contribution in [3.05, 3.63) is 33.0 Å². The van der Waals surface area contributed by atoms with Crippen molar-refractivity contribution >= 4 is 50.7 Å². The fourth-order valence-corrected chi connectivity index (χ4v) is 2.25. The highest BCUT2D eigenvalue weighted by Gasteiger charge is 2.06. The number of benzene rings is 1. The van der Waals surface area contributed by atoms with Crippen molar-refractivity contribution in [3.63, 3.8) is 0 Å². The summed E-state index contributed by atoms with van der Waals surface area (Å²) in [5.41, 5.74) is 0.950. The third-order valence-corrected chi connectivity index (χ3v) is 3.82. The molecule has 0 N–H and O–H groups in total. The van der Waals surface area contributed by atoms with Crippen LogP contribution in [-0.2, 0) is 0 Å². The summed E-state index contributed by atoms with van der Waals surface area (Å²) in [7, 11) is 0. The molecule has 2 nitrogen and oxygen atoms in total. The van der Waals surface area contributed by atoms with Gasteiger partial charge in [-0.2, -0.15) is 4.37 Å². The molecule has 0 saturated heterocycles. The van der Waals surface area contributed by atoms with Crippen molar-refractivity contribution in [2.45, 2.75) is 0 Å². The van der Waals surface area contributed by atoms with Gasteiger partial charge in [0.1, 0.15) is 5.01 Å². The molecule has 0 unspecified atom stereocenters. The molecule has 0 aliphatic carbocycles. The van der Waals surface area contributed by atoms with Gasteiger partial charge in [-0.1, -0.05) is 17.7 Å². The van der Waals surface area contributed by atoms with Crippen LogP contribution in [0.25, 0.3) is 10.6 Å². The standard InChI is InChI=1S/C8H3BrCl2N2S/c9-5-3-4(1-2-6(5)10)7-12-8(11)13-14-7/h1-3H. The molecule has 1 aromatic carbocycles. The zero-order chi connectivity index (χ0) is 10.1. The van der Waals surface area contributed by atoms with Crippen LogP contribution in [0, 0.1) is 0 Å². The molecule has 0 aliphatic rings. The Morgan fingerprint density at radius 3 is 2.64 bits per heavy atom. The van der Waals surface area contributed by atoms with E-state index in [-0.39, 0.29) is 5.28 Å². The van der Waals surface area contributed by atoms with E-state index in [1.54, 1.807) is 6.07 Å². The molecule has 0 saturated carbocycles. The van der Waals surface area contributed by atoms with E-state index in [1.807, 2.05) is 12.1 Å². The SMILES string of the molecule is Clc1nsc(-c2ccc(Cl)c(Br)c2)n1. The molecule has 0 aliphatic heterocycles. The predicted octanol–water partition coefficient (Wildman–Crippen LogP) is 4.27. The highest BCUT2D eigenvalue weighted by Crippen LogP contribution is 2.30. The molecule has 6 heteroatoms. The monoisotopic (exact) mass is 308 g/mol. The first-order chi connectivity index (χ1) is 6.66. The Labute approximate surface area is 103 Å². The van der Waals surface area contributed by atoms with E-state index in [0.717, 1.165) is 15.0 Å². The minimum atomic E-state index is 0.274. The molecule has 0 bridgehead atoms. The maximum Gasteiger partial charge on any atom is 0.234 e. The number of hydrogen-bond acceptors (Lipinski definition) is 3. The van der Waals surface area contributed by atoms with Gasteiger partial charge >= 0.3 is 0 Å². The van der Waals surface area contributed by atoms with E-state index in [0.29, 0.717) is 5.02 Å². The van der Waals surface area contributed by atoms with Gasteiger partial charge in [0.05, 0.1) is 5.02 Å². The summed E-state index contributed by atoms with van der Waals surface area (Å²) >= 11 is 16.1. The van der Waals surface area contributed by atoms with Crippen LogP contribution in [0.4, 0.5) is 0 Å². The zero-order valence-corrected chi connectivity index (χ0v) is 10.6. The molecule has 1 heterocycles. The van der Waals surface area contributed by atoms with Crippen molar-refractivity contribution in [3.8, 4) is 10.6 Å². The smallest absolute Gasteiger partial charge is 0.205 e. The average Bonchev–Trinajstić information content (AvgIpc) is 2.57. The van der Waals surface area contributed by atoms with Crippen molar-refractivity contribution in [2.24, 2.45) is 0 Å². The van der Waals surface area contributed by atoms with Gasteiger partial charge in [0, 0.05) is 10.0 Å². The Kier molecular flexibility index (Phi) is 3.07. The van der Waals surface area contributed by atoms with E-state index >= 15 is 0 Å². The van der Waals surface area contributed by atoms with Crippen LogP contribution < -0.4 is 0 Å². The lowest BCUT2D eigenvalue weighted by Crippen LogP contribution is -1.76. The Morgan fingerprint density at radius 1 is 1.29 bits per heavy atom. The predicted molar refractivity (Wildman–Crippen MR) is 63.1 cm³/mol. The first-order valence-corrected chi connectivity index (χ1v) is 5.93. The van der Waals surface area contributed by atoms with Crippen molar-refractivity contribution in [2.75, 3.05) is 0 Å². The summed E-state index contributed by atoms with van der Waals surface area (Å²) in [6.45, 7) is 0. The van der Waals surface area contributed by atoms with Gasteiger partial charge < -0.3 is 0 Å². The summed E-state index contributed by atoms with van der Waals surface area (Å²) in [6.07, 6.45) is 0. The summed E-state index contributed by atoms with van der Waals surface area (Å²) in [5, 5.41) is 1.73. The zero-order valence-electron chi connectivity index (χ0n) is 6.67. The Morgan fingerprint density at radius 2 is 2.07 bits per heavy atom. The minimum absolute atomic E-state index is 0.274. The van der Waals surface area contributed by atoms with Crippen LogP contribution in [0.2, 0.25) is 10.3 Å². The van der Waals surface area contributed by atoms with Gasteiger partial charge in [0.15, 0.2) is 0 Å². The van der Waals surface area contributed by atoms with Crippen molar-refractivity contribution in [1.82, 2.24) is 9.36 Å². The second-order valence-corrected chi connectivity index (χ2v) is 4.85. The van der Waals surface area contributed by atoms with Crippen LogP contribution >= 0.6 is 50.7 Å². The van der Waals surface area contributed by atoms with Crippen LogP contribution in [0.5, 0.6) is 0 Å². The van der Waals surface area contributed by atoms with E-state index < -0.39 is 0 Å². The first kappa shape index (κ1) is 10.4. The highest BCUT2D eigenvalue weighted by molar-refractivity contribution is 9.10. The van der Waals surface area contributed by atoms with Crippen LogP contribution in [0.15, 0.2) is 22.7 Å². The second-order valence-electron chi connectivity index (χ2n) is 2.50. The Hall–Kier alpha value is -0.160. The van der Waals surface area contributed by atoms with E-state index in [1.165, 1.54) is 11.5 Å². The van der Waals surface area contributed by atoms with E-state index in [4.69, 9.17) is 23.2 Å². The van der Waals surface area contributed by atoms with Gasteiger partial charge in [-0.3, -0.25) is 0 Å². The molecule has 2 aromatic rings. The molecular formula is C8H3BrCl2N2S. The van der Waals surface area contributed by atoms with Gasteiger partial charge in [-0.25, -0.2) is 4.98 Å². The van der Waals surface area contributed by atoms with Crippen molar-refractivity contribution < 1.29 is 0 Å². The molecule has 0 radical (unpaired) electrons. The molecule has 0 spiro atoms. The summed E-state index contributed by atoms with van der Waals surface area (Å²) < 4.78 is 4.73. The number of nitrogens with zero attached hydrogens (tertiary/aromatic N) is 2. The van der Waals surface area contributed by atoms with Crippen LogP contribution in [-0.4, -0.2) is 9.36 Å². The summed E-state index contributed by atoms with van der Waals surface area (Å²) in [4.78, 5) is 4.06. The number of halogens is 3. The quantitative estimate of drug-likeness (QED) is 0.786. The van der Waals surface area contributed by atoms with Gasteiger partial charge in [-0.05, 0) is 51.2 Å². The molecule has 2 rings (SSSR count). The summed E-state index contributed by atoms with van der Waals surface area (Å²) in [6, 6.07) is 5.57. The largest absolute Gasteiger partial charge is 0.234 e. The van der Waals surface area contributed by atoms with E-state index in [9.17, 15) is 0 Å². The lowest BCUT2D eigenvalue weighted by atomic mass is 10.2. The van der Waals surface area contributed by atoms with Gasteiger partial charge in [0.2, 0.25) is 5.28 Å². The average molecular weight is 310 g/mol. The number of rotatable bonds is 1. The summed E-state index contributed by atoms with van der Waals surface area (Å²) in [5.74, 6) is 0. The molecule has 1 aromatic heterocycles. The van der Waals surface area contributed by atoms with Crippen molar-refractivity contribution in [1.29, 1.82) is 0 Å². The maximum atomic E-state index is 5.87. The lowest BCUT2D eigenvalue weighted by Gasteiger charge is -1.98. The third-order valence-electron chi connectivity index (χ3n) is 1.57. The molecule has 0 fully saturated rings. The normalized spacial score (nSPS) is 10.5. The molecule has 72 valence electrons. The Balaban J connectivity index is 2.47. The third kappa shape index (κ3) is 2.08. The van der Waals surface area contributed by atoms with Gasteiger partial charge in [0.25, 0.3) is 0 Å². The minimum Gasteiger partial charge on any atom is -0.205 e. The van der Waals surface area contributed by atoms with Crippen LogP contribution in [0.1, 0.15) is 0 Å². The molecule has 0 amide bonds.